The van der Waals surface area contributed by atoms with E-state index in [9.17, 15) is 14.4 Å². The van der Waals surface area contributed by atoms with Crippen molar-refractivity contribution in [1.82, 2.24) is 4.74 Å². The normalized spacial score (nSPS) is 10.8. The van der Waals surface area contributed by atoms with Crippen LogP contribution < -0.4 is 15.4 Å². The minimum Gasteiger partial charge on any atom is -0.469 e. The molecule has 0 aliphatic rings. The van der Waals surface area contributed by atoms with Crippen LogP contribution in [0.2, 0.25) is 0 Å². The Hall–Kier alpha value is -3.55. The van der Waals surface area contributed by atoms with Crippen molar-refractivity contribution >= 4 is 34.2 Å². The van der Waals surface area contributed by atoms with Gasteiger partial charge in [-0.25, -0.2) is 9.53 Å². The van der Waals surface area contributed by atoms with E-state index < -0.39 is 11.6 Å². The number of rotatable bonds is 8. The molecule has 1 amide bonds. The maximum absolute atomic E-state index is 13.6. The van der Waals surface area contributed by atoms with Gasteiger partial charge in [-0.2, -0.15) is 0 Å². The molecule has 2 aromatic carbocycles. The number of para-hydroxylation sites is 1. The molecule has 0 atom stereocenters. The van der Waals surface area contributed by atoms with Crippen LogP contribution in [0.3, 0.4) is 0 Å². The summed E-state index contributed by atoms with van der Waals surface area (Å²) in [5.74, 6) is -0.743. The average molecular weight is 425 g/mol. The summed E-state index contributed by atoms with van der Waals surface area (Å²) in [6, 6.07) is 12.5. The van der Waals surface area contributed by atoms with E-state index in [1.807, 2.05) is 24.3 Å². The van der Waals surface area contributed by atoms with Crippen LogP contribution in [-0.2, 0) is 16.6 Å². The molecule has 164 valence electrons. The van der Waals surface area contributed by atoms with E-state index in [0.29, 0.717) is 22.2 Å². The highest BCUT2D eigenvalue weighted by molar-refractivity contribution is 6.13. The first-order chi connectivity index (χ1) is 14.9. The lowest BCUT2D eigenvalue weighted by atomic mass is 10.1. The van der Waals surface area contributed by atoms with E-state index in [2.05, 4.69) is 18.7 Å². The van der Waals surface area contributed by atoms with Gasteiger partial charge in [0.25, 0.3) is 5.91 Å². The molecule has 8 heteroatoms. The third-order valence-electron chi connectivity index (χ3n) is 5.32. The summed E-state index contributed by atoms with van der Waals surface area (Å²) in [5, 5.41) is 0.332. The van der Waals surface area contributed by atoms with Gasteiger partial charge in [-0.1, -0.05) is 6.07 Å². The molecule has 0 radical (unpaired) electrons. The van der Waals surface area contributed by atoms with Crippen molar-refractivity contribution in [3.63, 3.8) is 0 Å². The van der Waals surface area contributed by atoms with E-state index in [1.165, 1.54) is 16.7 Å². The Kier molecular flexibility index (Phi) is 6.79. The monoisotopic (exact) mass is 425 g/mol. The molecule has 3 rings (SSSR count). The molecule has 0 saturated heterocycles. The van der Waals surface area contributed by atoms with Crippen molar-refractivity contribution in [2.24, 2.45) is 7.05 Å². The SMILES string of the molecule is CCN(CC)c1ccc(N(CCC(=O)OC)C(=O)c2cccc3c(=O)on(C)c23)cc1. The van der Waals surface area contributed by atoms with Crippen molar-refractivity contribution in [1.29, 1.82) is 0 Å². The molecule has 0 bridgehead atoms. The molecule has 0 unspecified atom stereocenters. The van der Waals surface area contributed by atoms with Gasteiger partial charge in [0.2, 0.25) is 0 Å². The third kappa shape index (κ3) is 4.47. The number of aryl methyl sites for hydroxylation is 1. The first-order valence-corrected chi connectivity index (χ1v) is 10.2. The number of carbonyl (C=O) groups is 2. The largest absolute Gasteiger partial charge is 0.469 e. The minimum atomic E-state index is -0.503. The molecule has 8 nitrogen and oxygen atoms in total. The number of benzene rings is 2. The quantitative estimate of drug-likeness (QED) is 0.516. The van der Waals surface area contributed by atoms with Crippen molar-refractivity contribution in [2.45, 2.75) is 20.3 Å². The summed E-state index contributed by atoms with van der Waals surface area (Å²) in [7, 11) is 2.90. The summed E-state index contributed by atoms with van der Waals surface area (Å²) in [6.45, 7) is 6.05. The van der Waals surface area contributed by atoms with Crippen LogP contribution in [0.4, 0.5) is 11.4 Å². The number of aromatic nitrogens is 1. The number of ether oxygens (including phenoxy) is 1. The molecule has 3 aromatic rings. The Balaban J connectivity index is 2.02. The summed E-state index contributed by atoms with van der Waals surface area (Å²) in [5.41, 5.74) is 1.93. The van der Waals surface area contributed by atoms with Crippen LogP contribution in [0.15, 0.2) is 51.8 Å². The second-order valence-electron chi connectivity index (χ2n) is 7.05. The zero-order chi connectivity index (χ0) is 22.5. The molecular formula is C23H27N3O5. The third-order valence-corrected chi connectivity index (χ3v) is 5.32. The van der Waals surface area contributed by atoms with Gasteiger partial charge in [0.05, 0.1) is 24.5 Å². The number of esters is 1. The van der Waals surface area contributed by atoms with Gasteiger partial charge in [0, 0.05) is 38.1 Å². The standard InChI is InChI=1S/C23H27N3O5/c1-5-25(6-2)16-10-12-17(13-11-16)26(15-14-20(27)30-4)22(28)18-8-7-9-19-21(18)24(3)31-23(19)29/h7-13H,5-6,14-15H2,1-4H3. The predicted octanol–water partition coefficient (Wildman–Crippen LogP) is 3.19. The summed E-state index contributed by atoms with van der Waals surface area (Å²) >= 11 is 0. The zero-order valence-corrected chi connectivity index (χ0v) is 18.3. The lowest BCUT2D eigenvalue weighted by Crippen LogP contribution is -2.33. The Morgan fingerprint density at radius 2 is 1.68 bits per heavy atom. The Labute approximate surface area is 180 Å². The van der Waals surface area contributed by atoms with E-state index in [4.69, 9.17) is 9.26 Å². The molecule has 1 aromatic heterocycles. The minimum absolute atomic E-state index is 0.0420. The maximum Gasteiger partial charge on any atom is 0.365 e. The predicted molar refractivity (Wildman–Crippen MR) is 120 cm³/mol. The molecule has 0 aliphatic carbocycles. The number of nitrogens with zero attached hydrogens (tertiary/aromatic N) is 3. The number of anilines is 2. The first kappa shape index (κ1) is 22.1. The van der Waals surface area contributed by atoms with Crippen LogP contribution in [0.1, 0.15) is 30.6 Å². The van der Waals surface area contributed by atoms with Crippen molar-refractivity contribution in [3.8, 4) is 0 Å². The second-order valence-corrected chi connectivity index (χ2v) is 7.05. The summed E-state index contributed by atoms with van der Waals surface area (Å²) < 4.78 is 11.2. The van der Waals surface area contributed by atoms with Crippen LogP contribution in [0, 0.1) is 0 Å². The molecule has 0 aliphatic heterocycles. The van der Waals surface area contributed by atoms with Crippen molar-refractivity contribution in [2.75, 3.05) is 36.5 Å². The van der Waals surface area contributed by atoms with Crippen LogP contribution in [-0.4, -0.2) is 43.4 Å². The van der Waals surface area contributed by atoms with E-state index in [-0.39, 0.29) is 18.9 Å². The molecule has 1 heterocycles. The smallest absolute Gasteiger partial charge is 0.365 e. The highest BCUT2D eigenvalue weighted by atomic mass is 16.5. The van der Waals surface area contributed by atoms with Gasteiger partial charge in [-0.05, 0) is 50.2 Å². The van der Waals surface area contributed by atoms with Crippen molar-refractivity contribution < 1.29 is 18.8 Å². The second kappa shape index (κ2) is 9.51. The summed E-state index contributed by atoms with van der Waals surface area (Å²) in [4.78, 5) is 41.1. The van der Waals surface area contributed by atoms with E-state index >= 15 is 0 Å². The number of hydrogen-bond donors (Lipinski definition) is 0. The van der Waals surface area contributed by atoms with Crippen LogP contribution in [0.25, 0.3) is 10.9 Å². The highest BCUT2D eigenvalue weighted by Gasteiger charge is 2.24. The fourth-order valence-electron chi connectivity index (χ4n) is 3.67. The van der Waals surface area contributed by atoms with Crippen LogP contribution >= 0.6 is 0 Å². The molecule has 31 heavy (non-hydrogen) atoms. The number of carbonyl (C=O) groups excluding carboxylic acids is 2. The number of hydrogen-bond acceptors (Lipinski definition) is 6. The van der Waals surface area contributed by atoms with Crippen molar-refractivity contribution in [3.05, 3.63) is 58.4 Å². The lowest BCUT2D eigenvalue weighted by Gasteiger charge is -2.25. The first-order valence-electron chi connectivity index (χ1n) is 10.2. The number of amides is 1. The lowest BCUT2D eigenvalue weighted by molar-refractivity contribution is -0.140. The topological polar surface area (TPSA) is 85.0 Å². The fourth-order valence-corrected chi connectivity index (χ4v) is 3.67. The Morgan fingerprint density at radius 3 is 2.29 bits per heavy atom. The highest BCUT2D eigenvalue weighted by Crippen LogP contribution is 2.25. The molecular weight excluding hydrogens is 398 g/mol. The van der Waals surface area contributed by atoms with E-state index in [1.54, 1.807) is 25.2 Å². The van der Waals surface area contributed by atoms with Gasteiger partial charge in [-0.3, -0.25) is 9.59 Å². The molecule has 0 fully saturated rings. The summed E-state index contributed by atoms with van der Waals surface area (Å²) in [6.07, 6.45) is 0.0420. The molecule has 0 saturated carbocycles. The van der Waals surface area contributed by atoms with Gasteiger partial charge in [0.1, 0.15) is 5.52 Å². The van der Waals surface area contributed by atoms with Gasteiger partial charge in [-0.15, -0.1) is 0 Å². The fraction of sp³-hybridized carbons (Fsp3) is 0.348. The average Bonchev–Trinajstić information content (AvgIpc) is 3.09. The van der Waals surface area contributed by atoms with Gasteiger partial charge >= 0.3 is 11.6 Å². The number of fused-ring (bicyclic) bond motifs is 1. The van der Waals surface area contributed by atoms with E-state index in [0.717, 1.165) is 18.8 Å². The van der Waals surface area contributed by atoms with Gasteiger partial charge in [0.15, 0.2) is 0 Å². The Morgan fingerprint density at radius 1 is 1.03 bits per heavy atom. The Bertz CT molecular complexity index is 1130. The van der Waals surface area contributed by atoms with Crippen LogP contribution in [0.5, 0.6) is 0 Å². The van der Waals surface area contributed by atoms with Gasteiger partial charge < -0.3 is 19.1 Å². The molecule has 0 spiro atoms. The number of methoxy groups -OCH3 is 1. The molecule has 0 N–H and O–H groups in total. The zero-order valence-electron chi connectivity index (χ0n) is 18.3. The maximum atomic E-state index is 13.6.